The minimum Gasteiger partial charge on any atom is -0.393 e. The standard InChI is InChI=1S/C12H23NO2/c1-15-9-8-13-7-6-12(14)10-4-2-3-5-11(10)13/h10-12,14H,2-9H2,1H3/t10-,11-,12-/m0/s1. The summed E-state index contributed by atoms with van der Waals surface area (Å²) in [6, 6.07) is 0.623. The van der Waals surface area contributed by atoms with Crippen LogP contribution in [0.4, 0.5) is 0 Å². The first-order valence-electron chi connectivity index (χ1n) is 6.24. The Balaban J connectivity index is 1.94. The molecule has 1 aliphatic heterocycles. The van der Waals surface area contributed by atoms with Crippen LogP contribution < -0.4 is 0 Å². The summed E-state index contributed by atoms with van der Waals surface area (Å²) in [6.45, 7) is 2.90. The van der Waals surface area contributed by atoms with Crippen molar-refractivity contribution in [3.05, 3.63) is 0 Å². The zero-order chi connectivity index (χ0) is 10.7. The minimum atomic E-state index is -0.0471. The summed E-state index contributed by atoms with van der Waals surface area (Å²) in [4.78, 5) is 2.53. The second-order valence-corrected chi connectivity index (χ2v) is 4.90. The number of fused-ring (bicyclic) bond motifs is 1. The highest BCUT2D eigenvalue weighted by Gasteiger charge is 2.37. The van der Waals surface area contributed by atoms with Gasteiger partial charge in [-0.25, -0.2) is 0 Å². The van der Waals surface area contributed by atoms with Crippen molar-refractivity contribution < 1.29 is 9.84 Å². The van der Waals surface area contributed by atoms with Crippen molar-refractivity contribution in [1.82, 2.24) is 4.90 Å². The third-order valence-electron chi connectivity index (χ3n) is 4.04. The van der Waals surface area contributed by atoms with Gasteiger partial charge in [-0.15, -0.1) is 0 Å². The summed E-state index contributed by atoms with van der Waals surface area (Å²) in [7, 11) is 1.76. The van der Waals surface area contributed by atoms with Crippen molar-refractivity contribution in [2.75, 3.05) is 26.8 Å². The summed E-state index contributed by atoms with van der Waals surface area (Å²) >= 11 is 0. The molecule has 88 valence electrons. The van der Waals surface area contributed by atoms with E-state index in [-0.39, 0.29) is 6.10 Å². The van der Waals surface area contributed by atoms with Gasteiger partial charge in [0.2, 0.25) is 0 Å². The number of aliphatic hydroxyl groups excluding tert-OH is 1. The molecule has 0 aromatic rings. The van der Waals surface area contributed by atoms with Gasteiger partial charge in [-0.3, -0.25) is 4.90 Å². The Bertz CT molecular complexity index is 196. The number of ether oxygens (including phenoxy) is 1. The first-order chi connectivity index (χ1) is 7.33. The lowest BCUT2D eigenvalue weighted by molar-refractivity contribution is -0.0422. The summed E-state index contributed by atoms with van der Waals surface area (Å²) in [5, 5.41) is 9.99. The molecule has 0 amide bonds. The summed E-state index contributed by atoms with van der Waals surface area (Å²) in [5.74, 6) is 0.532. The van der Waals surface area contributed by atoms with Crippen LogP contribution in [0.25, 0.3) is 0 Å². The van der Waals surface area contributed by atoms with E-state index in [2.05, 4.69) is 4.90 Å². The molecule has 0 unspecified atom stereocenters. The molecule has 2 rings (SSSR count). The Labute approximate surface area is 92.4 Å². The number of nitrogens with zero attached hydrogens (tertiary/aromatic N) is 1. The maximum Gasteiger partial charge on any atom is 0.0595 e. The van der Waals surface area contributed by atoms with E-state index in [0.29, 0.717) is 12.0 Å². The molecule has 0 spiro atoms. The Morgan fingerprint density at radius 1 is 1.27 bits per heavy atom. The van der Waals surface area contributed by atoms with Gasteiger partial charge < -0.3 is 9.84 Å². The summed E-state index contributed by atoms with van der Waals surface area (Å²) in [5.41, 5.74) is 0. The lowest BCUT2D eigenvalue weighted by atomic mass is 9.76. The van der Waals surface area contributed by atoms with Gasteiger partial charge in [-0.05, 0) is 19.3 Å². The smallest absolute Gasteiger partial charge is 0.0595 e. The Hall–Kier alpha value is -0.120. The normalized spacial score (nSPS) is 37.6. The van der Waals surface area contributed by atoms with Crippen molar-refractivity contribution in [1.29, 1.82) is 0 Å². The second kappa shape index (κ2) is 5.28. The van der Waals surface area contributed by atoms with Crippen LogP contribution in [0.2, 0.25) is 0 Å². The molecule has 3 atom stereocenters. The molecule has 0 aromatic carbocycles. The first kappa shape index (κ1) is 11.4. The van der Waals surface area contributed by atoms with Crippen LogP contribution in [0.3, 0.4) is 0 Å². The number of aliphatic hydroxyl groups is 1. The number of likely N-dealkylation sites (tertiary alicyclic amines) is 1. The zero-order valence-corrected chi connectivity index (χ0v) is 9.69. The molecule has 2 fully saturated rings. The maximum absolute atomic E-state index is 9.99. The lowest BCUT2D eigenvalue weighted by Gasteiger charge is -2.46. The third-order valence-corrected chi connectivity index (χ3v) is 4.04. The fourth-order valence-corrected chi connectivity index (χ4v) is 3.21. The number of hydrogen-bond acceptors (Lipinski definition) is 3. The fraction of sp³-hybridized carbons (Fsp3) is 1.00. The van der Waals surface area contributed by atoms with E-state index in [1.54, 1.807) is 7.11 Å². The predicted molar refractivity (Wildman–Crippen MR) is 59.8 cm³/mol. The summed E-state index contributed by atoms with van der Waals surface area (Å²) in [6.07, 6.45) is 6.02. The first-order valence-corrected chi connectivity index (χ1v) is 6.24. The Morgan fingerprint density at radius 2 is 2.07 bits per heavy atom. The average Bonchev–Trinajstić information content (AvgIpc) is 2.29. The van der Waals surface area contributed by atoms with E-state index in [0.717, 1.165) is 26.1 Å². The number of methoxy groups -OCH3 is 1. The molecule has 3 nitrogen and oxygen atoms in total. The number of piperidine rings is 1. The van der Waals surface area contributed by atoms with Gasteiger partial charge in [0, 0.05) is 32.2 Å². The second-order valence-electron chi connectivity index (χ2n) is 4.90. The molecule has 0 radical (unpaired) electrons. The van der Waals surface area contributed by atoms with Gasteiger partial charge in [-0.2, -0.15) is 0 Å². The van der Waals surface area contributed by atoms with Crippen LogP contribution in [-0.2, 0) is 4.74 Å². The molecular formula is C12H23NO2. The van der Waals surface area contributed by atoms with Crippen molar-refractivity contribution >= 4 is 0 Å². The van der Waals surface area contributed by atoms with E-state index in [4.69, 9.17) is 4.74 Å². The average molecular weight is 213 g/mol. The fourth-order valence-electron chi connectivity index (χ4n) is 3.21. The van der Waals surface area contributed by atoms with Crippen molar-refractivity contribution in [2.45, 2.75) is 44.2 Å². The number of hydrogen-bond donors (Lipinski definition) is 1. The minimum absolute atomic E-state index is 0.0471. The van der Waals surface area contributed by atoms with Crippen LogP contribution in [0, 0.1) is 5.92 Å². The largest absolute Gasteiger partial charge is 0.393 e. The molecule has 3 heteroatoms. The van der Waals surface area contributed by atoms with Crippen molar-refractivity contribution in [3.63, 3.8) is 0 Å². The van der Waals surface area contributed by atoms with Gasteiger partial charge in [0.15, 0.2) is 0 Å². The SMILES string of the molecule is COCCN1CC[C@H](O)[C@H]2CCCC[C@@H]21. The topological polar surface area (TPSA) is 32.7 Å². The molecule has 2 aliphatic rings. The highest BCUT2D eigenvalue weighted by atomic mass is 16.5. The molecule has 0 bridgehead atoms. The molecule has 1 heterocycles. The van der Waals surface area contributed by atoms with Crippen LogP contribution in [-0.4, -0.2) is 49.0 Å². The molecule has 1 N–H and O–H groups in total. The molecule has 1 saturated heterocycles. The highest BCUT2D eigenvalue weighted by molar-refractivity contribution is 4.91. The Morgan fingerprint density at radius 3 is 2.87 bits per heavy atom. The van der Waals surface area contributed by atoms with E-state index >= 15 is 0 Å². The molecule has 0 aromatic heterocycles. The van der Waals surface area contributed by atoms with E-state index < -0.39 is 0 Å². The van der Waals surface area contributed by atoms with Crippen LogP contribution in [0.1, 0.15) is 32.1 Å². The van der Waals surface area contributed by atoms with Crippen molar-refractivity contribution in [3.8, 4) is 0 Å². The molecule has 1 saturated carbocycles. The monoisotopic (exact) mass is 213 g/mol. The van der Waals surface area contributed by atoms with Gasteiger partial charge >= 0.3 is 0 Å². The highest BCUT2D eigenvalue weighted by Crippen LogP contribution is 2.35. The molecular weight excluding hydrogens is 190 g/mol. The summed E-state index contributed by atoms with van der Waals surface area (Å²) < 4.78 is 5.15. The molecule has 1 aliphatic carbocycles. The van der Waals surface area contributed by atoms with E-state index in [1.165, 1.54) is 25.7 Å². The third kappa shape index (κ3) is 2.52. The maximum atomic E-state index is 9.99. The van der Waals surface area contributed by atoms with E-state index in [1.807, 2.05) is 0 Å². The van der Waals surface area contributed by atoms with Crippen molar-refractivity contribution in [2.24, 2.45) is 5.92 Å². The molecule has 15 heavy (non-hydrogen) atoms. The van der Waals surface area contributed by atoms with Crippen LogP contribution in [0.5, 0.6) is 0 Å². The zero-order valence-electron chi connectivity index (χ0n) is 9.69. The lowest BCUT2D eigenvalue weighted by Crippen LogP contribution is -2.53. The Kier molecular flexibility index (Phi) is 4.00. The number of rotatable bonds is 3. The predicted octanol–water partition coefficient (Wildman–Crippen LogP) is 1.26. The van der Waals surface area contributed by atoms with Crippen LogP contribution >= 0.6 is 0 Å². The van der Waals surface area contributed by atoms with Gasteiger partial charge in [0.1, 0.15) is 0 Å². The quantitative estimate of drug-likeness (QED) is 0.766. The van der Waals surface area contributed by atoms with Crippen LogP contribution in [0.15, 0.2) is 0 Å². The van der Waals surface area contributed by atoms with Gasteiger partial charge in [-0.1, -0.05) is 12.8 Å². The van der Waals surface area contributed by atoms with Gasteiger partial charge in [0.05, 0.1) is 12.7 Å². The van der Waals surface area contributed by atoms with Gasteiger partial charge in [0.25, 0.3) is 0 Å². The van der Waals surface area contributed by atoms with E-state index in [9.17, 15) is 5.11 Å².